The SMILES string of the molecule is C1=C(c2ccccc2)NC(c2ccccc2)=NC1c1cccc2c1-c1c(-c3ccc(-c4cccc5cccnc45)cc3)cccc1C21c2ccccc2Sc2ccccc21. The Morgan fingerprint density at radius 3 is 1.75 bits per heavy atom. The monoisotopic (exact) mass is 783 g/mol. The minimum absolute atomic E-state index is 0.257. The van der Waals surface area contributed by atoms with Crippen molar-refractivity contribution in [2.24, 2.45) is 4.99 Å². The molecule has 4 heteroatoms. The van der Waals surface area contributed by atoms with Gasteiger partial charge in [-0.15, -0.1) is 0 Å². The quantitative estimate of drug-likeness (QED) is 0.189. The van der Waals surface area contributed by atoms with Crippen molar-refractivity contribution < 1.29 is 0 Å². The van der Waals surface area contributed by atoms with Crippen LogP contribution < -0.4 is 5.32 Å². The van der Waals surface area contributed by atoms with Crippen molar-refractivity contribution in [3.63, 3.8) is 0 Å². The zero-order valence-electron chi connectivity index (χ0n) is 32.6. The van der Waals surface area contributed by atoms with Crippen molar-refractivity contribution >= 4 is 34.2 Å². The lowest BCUT2D eigenvalue weighted by atomic mass is 9.67. The van der Waals surface area contributed by atoms with Crippen LogP contribution in [0.4, 0.5) is 0 Å². The number of nitrogens with one attached hydrogen (secondary N) is 1. The fourth-order valence-corrected chi connectivity index (χ4v) is 11.1. The van der Waals surface area contributed by atoms with Gasteiger partial charge in [-0.1, -0.05) is 194 Å². The first kappa shape index (κ1) is 34.7. The van der Waals surface area contributed by atoms with Gasteiger partial charge in [-0.25, -0.2) is 0 Å². The molecule has 12 rings (SSSR count). The summed E-state index contributed by atoms with van der Waals surface area (Å²) in [5, 5.41) is 4.87. The molecule has 3 nitrogen and oxygen atoms in total. The number of amidine groups is 1. The third kappa shape index (κ3) is 5.31. The van der Waals surface area contributed by atoms with Gasteiger partial charge in [0.1, 0.15) is 5.84 Å². The summed E-state index contributed by atoms with van der Waals surface area (Å²) in [6.07, 6.45) is 4.20. The average Bonchev–Trinajstić information content (AvgIpc) is 3.63. The molecule has 0 bridgehead atoms. The fourth-order valence-electron chi connectivity index (χ4n) is 9.89. The van der Waals surface area contributed by atoms with Crippen LogP contribution in [0.5, 0.6) is 0 Å². The van der Waals surface area contributed by atoms with Gasteiger partial charge in [-0.2, -0.15) is 0 Å². The third-order valence-corrected chi connectivity index (χ3v) is 13.6. The van der Waals surface area contributed by atoms with Gasteiger partial charge in [0, 0.05) is 38.2 Å². The largest absolute Gasteiger partial charge is 0.340 e. The topological polar surface area (TPSA) is 37.3 Å². The predicted molar refractivity (Wildman–Crippen MR) is 247 cm³/mol. The molecule has 1 aliphatic carbocycles. The van der Waals surface area contributed by atoms with Crippen LogP contribution in [0.15, 0.2) is 227 Å². The van der Waals surface area contributed by atoms with Crippen LogP contribution in [0, 0.1) is 0 Å². The standard InChI is InChI=1S/C56H37N3S/c1-3-15-38(16-4-1)48-35-49(59-55(58-48)40-17-5-2-6-18-40)43-23-13-27-47-53(43)52-41(36-30-32-37(33-31-36)42-22-11-19-39-20-14-34-57-54(39)42)21-12-26-46(52)56(47)44-24-7-9-28-50(44)60-51-29-10-8-25-45(51)56/h1-35,49H,(H,58,59). The van der Waals surface area contributed by atoms with Crippen molar-refractivity contribution in [3.8, 4) is 33.4 Å². The number of hydrogen-bond acceptors (Lipinski definition) is 4. The molecule has 3 aliphatic rings. The molecule has 60 heavy (non-hydrogen) atoms. The number of nitrogens with zero attached hydrogens (tertiary/aromatic N) is 2. The van der Waals surface area contributed by atoms with E-state index in [1.807, 2.05) is 24.0 Å². The van der Waals surface area contributed by atoms with Crippen molar-refractivity contribution in [1.29, 1.82) is 0 Å². The molecule has 0 saturated heterocycles. The second kappa shape index (κ2) is 13.9. The van der Waals surface area contributed by atoms with Crippen LogP contribution in [0.2, 0.25) is 0 Å². The summed E-state index contributed by atoms with van der Waals surface area (Å²) in [6, 6.07) is 72.5. The predicted octanol–water partition coefficient (Wildman–Crippen LogP) is 13.5. The Kier molecular flexibility index (Phi) is 8.07. The van der Waals surface area contributed by atoms with Crippen molar-refractivity contribution in [1.82, 2.24) is 10.3 Å². The molecule has 1 unspecified atom stereocenters. The summed E-state index contributed by atoms with van der Waals surface area (Å²) in [6.45, 7) is 0. The maximum Gasteiger partial charge on any atom is 0.133 e. The number of para-hydroxylation sites is 1. The highest BCUT2D eigenvalue weighted by atomic mass is 32.2. The lowest BCUT2D eigenvalue weighted by Gasteiger charge is -2.39. The number of rotatable bonds is 5. The van der Waals surface area contributed by atoms with Crippen LogP contribution >= 0.6 is 11.8 Å². The molecule has 1 aromatic heterocycles. The third-order valence-electron chi connectivity index (χ3n) is 12.5. The first-order valence-electron chi connectivity index (χ1n) is 20.5. The highest BCUT2D eigenvalue weighted by molar-refractivity contribution is 7.99. The van der Waals surface area contributed by atoms with E-state index in [1.54, 1.807) is 0 Å². The van der Waals surface area contributed by atoms with E-state index in [9.17, 15) is 0 Å². The van der Waals surface area contributed by atoms with Crippen LogP contribution in [0.3, 0.4) is 0 Å². The Labute approximate surface area is 353 Å². The smallest absolute Gasteiger partial charge is 0.133 e. The molecule has 2 aliphatic heterocycles. The lowest BCUT2D eigenvalue weighted by molar-refractivity contribution is 0.721. The van der Waals surface area contributed by atoms with E-state index in [4.69, 9.17) is 9.98 Å². The molecular formula is C56H37N3S. The second-order valence-corrected chi connectivity index (χ2v) is 16.7. The first-order valence-corrected chi connectivity index (χ1v) is 21.3. The van der Waals surface area contributed by atoms with Gasteiger partial charge in [0.15, 0.2) is 0 Å². The van der Waals surface area contributed by atoms with Gasteiger partial charge in [0.25, 0.3) is 0 Å². The highest BCUT2D eigenvalue weighted by Crippen LogP contribution is 2.64. The summed E-state index contributed by atoms with van der Waals surface area (Å²) >= 11 is 1.88. The zero-order chi connectivity index (χ0) is 39.6. The second-order valence-electron chi connectivity index (χ2n) is 15.7. The van der Waals surface area contributed by atoms with E-state index in [-0.39, 0.29) is 6.04 Å². The minimum atomic E-state index is -0.533. The summed E-state index contributed by atoms with van der Waals surface area (Å²) in [7, 11) is 0. The molecule has 0 saturated carbocycles. The van der Waals surface area contributed by atoms with Crippen LogP contribution in [0.1, 0.15) is 45.0 Å². The van der Waals surface area contributed by atoms with Crippen LogP contribution in [0.25, 0.3) is 50.0 Å². The summed E-state index contributed by atoms with van der Waals surface area (Å²) in [4.78, 5) is 12.9. The number of pyridine rings is 1. The fraction of sp³-hybridized carbons (Fsp3) is 0.0357. The molecule has 8 aromatic carbocycles. The van der Waals surface area contributed by atoms with Crippen molar-refractivity contribution in [2.45, 2.75) is 21.2 Å². The van der Waals surface area contributed by atoms with Gasteiger partial charge < -0.3 is 5.32 Å². The number of benzene rings is 8. The summed E-state index contributed by atoms with van der Waals surface area (Å²) < 4.78 is 0. The number of aromatic nitrogens is 1. The highest BCUT2D eigenvalue weighted by Gasteiger charge is 2.51. The maximum atomic E-state index is 5.56. The Balaban J connectivity index is 1.13. The Morgan fingerprint density at radius 2 is 1.02 bits per heavy atom. The van der Waals surface area contributed by atoms with E-state index in [0.717, 1.165) is 44.7 Å². The molecular weight excluding hydrogens is 747 g/mol. The zero-order valence-corrected chi connectivity index (χ0v) is 33.4. The number of fused-ring (bicyclic) bond motifs is 10. The van der Waals surface area contributed by atoms with Gasteiger partial charge in [0.05, 0.1) is 17.0 Å². The number of hydrogen-bond donors (Lipinski definition) is 1. The molecule has 0 amide bonds. The molecule has 0 radical (unpaired) electrons. The summed E-state index contributed by atoms with van der Waals surface area (Å²) in [5.41, 5.74) is 17.3. The van der Waals surface area contributed by atoms with E-state index < -0.39 is 5.41 Å². The van der Waals surface area contributed by atoms with E-state index >= 15 is 0 Å². The molecule has 1 atom stereocenters. The Bertz CT molecular complexity index is 3100. The Morgan fingerprint density at radius 1 is 0.450 bits per heavy atom. The van der Waals surface area contributed by atoms with Crippen molar-refractivity contribution in [3.05, 3.63) is 251 Å². The Hall–Kier alpha value is -7.27. The number of aliphatic imine (C=N–C) groups is 1. The molecule has 3 heterocycles. The van der Waals surface area contributed by atoms with Gasteiger partial charge in [-0.05, 0) is 85.5 Å². The summed E-state index contributed by atoms with van der Waals surface area (Å²) in [5.74, 6) is 0.865. The van der Waals surface area contributed by atoms with E-state index in [0.29, 0.717) is 0 Å². The van der Waals surface area contributed by atoms with E-state index in [2.05, 4.69) is 206 Å². The molecule has 0 fully saturated rings. The van der Waals surface area contributed by atoms with Crippen LogP contribution in [-0.4, -0.2) is 10.8 Å². The van der Waals surface area contributed by atoms with Gasteiger partial charge in [-0.3, -0.25) is 9.98 Å². The molecule has 9 aromatic rings. The maximum absolute atomic E-state index is 5.56. The van der Waals surface area contributed by atoms with E-state index in [1.165, 1.54) is 59.9 Å². The average molecular weight is 784 g/mol. The first-order chi connectivity index (χ1) is 29.8. The normalized spacial score (nSPS) is 15.6. The molecule has 1 spiro atoms. The van der Waals surface area contributed by atoms with Gasteiger partial charge >= 0.3 is 0 Å². The minimum Gasteiger partial charge on any atom is -0.340 e. The lowest BCUT2D eigenvalue weighted by Crippen LogP contribution is -2.32. The molecule has 282 valence electrons. The van der Waals surface area contributed by atoms with Crippen LogP contribution in [-0.2, 0) is 5.41 Å². The van der Waals surface area contributed by atoms with Crippen molar-refractivity contribution in [2.75, 3.05) is 0 Å². The molecule has 1 N–H and O–H groups in total. The van der Waals surface area contributed by atoms with Gasteiger partial charge in [0.2, 0.25) is 0 Å².